The first-order valence-corrected chi connectivity index (χ1v) is 5.52. The lowest BCUT2D eigenvalue weighted by Gasteiger charge is -2.04. The fraction of sp³-hybridized carbons (Fsp3) is 0.111. The molecule has 0 spiro atoms. The lowest BCUT2D eigenvalue weighted by atomic mass is 10.1. The summed E-state index contributed by atoms with van der Waals surface area (Å²) >= 11 is 5.30. The highest BCUT2D eigenvalue weighted by Crippen LogP contribution is 2.25. The fourth-order valence-corrected chi connectivity index (χ4v) is 2.00. The van der Waals surface area contributed by atoms with Crippen LogP contribution in [0.15, 0.2) is 16.6 Å². The molecule has 0 heterocycles. The average Bonchev–Trinajstić information content (AvgIpc) is 2.11. The van der Waals surface area contributed by atoms with Crippen LogP contribution in [0.3, 0.4) is 0 Å². The van der Waals surface area contributed by atoms with Crippen molar-refractivity contribution in [2.24, 2.45) is 0 Å². The number of rotatable bonds is 2. The van der Waals surface area contributed by atoms with E-state index in [-0.39, 0.29) is 6.42 Å². The molecule has 0 bridgehead atoms. The predicted octanol–water partition coefficient (Wildman–Crippen LogP) is 2.55. The standard InChI is InChI=1S/C9H5BrINO2/c10-7-2-1-5(3-8(13)14)6(4-12)9(7)11/h1-2H,3H2,(H,13,14). The normalized spacial score (nSPS) is 9.50. The van der Waals surface area contributed by atoms with Crippen LogP contribution >= 0.6 is 38.5 Å². The van der Waals surface area contributed by atoms with E-state index in [1.807, 2.05) is 28.7 Å². The Kier molecular flexibility index (Phi) is 3.89. The summed E-state index contributed by atoms with van der Waals surface area (Å²) in [5, 5.41) is 17.5. The highest BCUT2D eigenvalue weighted by Gasteiger charge is 2.11. The molecule has 5 heteroatoms. The molecule has 1 N–H and O–H groups in total. The molecule has 0 radical (unpaired) electrons. The van der Waals surface area contributed by atoms with Crippen molar-refractivity contribution in [2.75, 3.05) is 0 Å². The molecule has 72 valence electrons. The van der Waals surface area contributed by atoms with Crippen molar-refractivity contribution in [1.82, 2.24) is 0 Å². The zero-order valence-electron chi connectivity index (χ0n) is 6.92. The van der Waals surface area contributed by atoms with Gasteiger partial charge in [0, 0.05) is 8.04 Å². The molecule has 0 aliphatic heterocycles. The second-order valence-corrected chi connectivity index (χ2v) is 4.51. The molecule has 0 aliphatic rings. The van der Waals surface area contributed by atoms with Crippen molar-refractivity contribution < 1.29 is 9.90 Å². The SMILES string of the molecule is N#Cc1c(CC(=O)O)ccc(Br)c1I. The number of hydrogen-bond donors (Lipinski definition) is 1. The van der Waals surface area contributed by atoms with E-state index >= 15 is 0 Å². The van der Waals surface area contributed by atoms with E-state index in [0.717, 1.165) is 8.04 Å². The molecule has 0 aromatic heterocycles. The number of hydrogen-bond acceptors (Lipinski definition) is 2. The van der Waals surface area contributed by atoms with Crippen LogP contribution in [0.4, 0.5) is 0 Å². The smallest absolute Gasteiger partial charge is 0.307 e. The molecule has 3 nitrogen and oxygen atoms in total. The van der Waals surface area contributed by atoms with Crippen LogP contribution in [-0.4, -0.2) is 11.1 Å². The monoisotopic (exact) mass is 365 g/mol. The molecular weight excluding hydrogens is 361 g/mol. The first-order valence-electron chi connectivity index (χ1n) is 3.65. The van der Waals surface area contributed by atoms with E-state index in [9.17, 15) is 4.79 Å². The molecule has 0 aliphatic carbocycles. The Balaban J connectivity index is 3.26. The Hall–Kier alpha value is -0.610. The number of nitrogens with zero attached hydrogens (tertiary/aromatic N) is 1. The van der Waals surface area contributed by atoms with Gasteiger partial charge in [0.1, 0.15) is 6.07 Å². The maximum Gasteiger partial charge on any atom is 0.307 e. The molecule has 0 fully saturated rings. The third-order valence-corrected chi connectivity index (χ3v) is 4.16. The Morgan fingerprint density at radius 2 is 2.29 bits per heavy atom. The van der Waals surface area contributed by atoms with E-state index in [1.54, 1.807) is 12.1 Å². The van der Waals surface area contributed by atoms with Crippen molar-refractivity contribution in [3.63, 3.8) is 0 Å². The van der Waals surface area contributed by atoms with Crippen LogP contribution in [0.25, 0.3) is 0 Å². The quantitative estimate of drug-likeness (QED) is 0.819. The van der Waals surface area contributed by atoms with Gasteiger partial charge in [-0.2, -0.15) is 5.26 Å². The number of carbonyl (C=O) groups is 1. The summed E-state index contributed by atoms with van der Waals surface area (Å²) in [7, 11) is 0. The lowest BCUT2D eigenvalue weighted by molar-refractivity contribution is -0.136. The number of carboxylic acid groups (broad SMARTS) is 1. The van der Waals surface area contributed by atoms with Crippen LogP contribution in [-0.2, 0) is 11.2 Å². The summed E-state index contributed by atoms with van der Waals surface area (Å²) < 4.78 is 1.56. The topological polar surface area (TPSA) is 61.1 Å². The minimum Gasteiger partial charge on any atom is -0.481 e. The van der Waals surface area contributed by atoms with Crippen molar-refractivity contribution in [3.05, 3.63) is 31.3 Å². The number of nitriles is 1. The van der Waals surface area contributed by atoms with Gasteiger partial charge in [0.05, 0.1) is 12.0 Å². The molecule has 14 heavy (non-hydrogen) atoms. The second kappa shape index (κ2) is 4.75. The summed E-state index contributed by atoms with van der Waals surface area (Å²) in [5.74, 6) is -0.931. The summed E-state index contributed by atoms with van der Waals surface area (Å²) in [4.78, 5) is 10.5. The summed E-state index contributed by atoms with van der Waals surface area (Å²) in [5.41, 5.74) is 0.981. The zero-order valence-corrected chi connectivity index (χ0v) is 10.7. The van der Waals surface area contributed by atoms with Crippen LogP contribution in [0, 0.1) is 14.9 Å². The van der Waals surface area contributed by atoms with Crippen LogP contribution in [0.2, 0.25) is 0 Å². The number of benzene rings is 1. The first-order chi connectivity index (χ1) is 6.56. The number of halogens is 2. The van der Waals surface area contributed by atoms with Gasteiger partial charge in [-0.25, -0.2) is 0 Å². The van der Waals surface area contributed by atoms with Gasteiger partial charge in [0.2, 0.25) is 0 Å². The molecule has 1 aromatic rings. The van der Waals surface area contributed by atoms with Crippen LogP contribution in [0.5, 0.6) is 0 Å². The molecule has 0 unspecified atom stereocenters. The van der Waals surface area contributed by atoms with Crippen molar-refractivity contribution >= 4 is 44.5 Å². The molecule has 0 saturated carbocycles. The van der Waals surface area contributed by atoms with Gasteiger partial charge in [-0.05, 0) is 50.2 Å². The van der Waals surface area contributed by atoms with E-state index in [0.29, 0.717) is 11.1 Å². The van der Waals surface area contributed by atoms with Gasteiger partial charge >= 0.3 is 5.97 Å². The lowest BCUT2D eigenvalue weighted by Crippen LogP contribution is -2.03. The molecule has 0 atom stereocenters. The molecule has 0 saturated heterocycles. The summed E-state index contributed by atoms with van der Waals surface area (Å²) in [6.07, 6.45) is -0.119. The largest absolute Gasteiger partial charge is 0.481 e. The number of carboxylic acids is 1. The maximum atomic E-state index is 10.5. The van der Waals surface area contributed by atoms with Gasteiger partial charge in [0.15, 0.2) is 0 Å². The minimum atomic E-state index is -0.931. The molecule has 1 rings (SSSR count). The van der Waals surface area contributed by atoms with E-state index in [4.69, 9.17) is 10.4 Å². The molecule has 0 amide bonds. The molecule has 1 aromatic carbocycles. The molecular formula is C9H5BrINO2. The zero-order chi connectivity index (χ0) is 10.7. The van der Waals surface area contributed by atoms with Crippen LogP contribution in [0.1, 0.15) is 11.1 Å². The van der Waals surface area contributed by atoms with Gasteiger partial charge in [-0.3, -0.25) is 4.79 Å². The Morgan fingerprint density at radius 1 is 1.64 bits per heavy atom. The Bertz CT molecular complexity index is 426. The van der Waals surface area contributed by atoms with Crippen LogP contribution < -0.4 is 0 Å². The van der Waals surface area contributed by atoms with E-state index in [2.05, 4.69) is 15.9 Å². The van der Waals surface area contributed by atoms with E-state index < -0.39 is 5.97 Å². The third-order valence-electron chi connectivity index (χ3n) is 1.63. The maximum absolute atomic E-state index is 10.5. The highest BCUT2D eigenvalue weighted by atomic mass is 127. The van der Waals surface area contributed by atoms with Crippen molar-refractivity contribution in [1.29, 1.82) is 5.26 Å². The Morgan fingerprint density at radius 3 is 2.79 bits per heavy atom. The van der Waals surface area contributed by atoms with Gasteiger partial charge in [-0.15, -0.1) is 0 Å². The average molecular weight is 366 g/mol. The van der Waals surface area contributed by atoms with E-state index in [1.165, 1.54) is 0 Å². The van der Waals surface area contributed by atoms with Gasteiger partial charge in [0.25, 0.3) is 0 Å². The van der Waals surface area contributed by atoms with Gasteiger partial charge in [-0.1, -0.05) is 6.07 Å². The highest BCUT2D eigenvalue weighted by molar-refractivity contribution is 14.1. The Labute approximate surface area is 103 Å². The first kappa shape index (κ1) is 11.5. The van der Waals surface area contributed by atoms with Crippen molar-refractivity contribution in [3.8, 4) is 6.07 Å². The van der Waals surface area contributed by atoms with Crippen molar-refractivity contribution in [2.45, 2.75) is 6.42 Å². The number of aliphatic carboxylic acids is 1. The summed E-state index contributed by atoms with van der Waals surface area (Å²) in [6, 6.07) is 5.41. The summed E-state index contributed by atoms with van der Waals surface area (Å²) in [6.45, 7) is 0. The fourth-order valence-electron chi connectivity index (χ4n) is 1.02. The predicted molar refractivity (Wildman–Crippen MR) is 62.9 cm³/mol. The minimum absolute atomic E-state index is 0.119. The van der Waals surface area contributed by atoms with Gasteiger partial charge < -0.3 is 5.11 Å². The second-order valence-electron chi connectivity index (χ2n) is 2.58. The third kappa shape index (κ3) is 2.45.